The minimum Gasteiger partial charge on any atom is -0.349 e. The van der Waals surface area contributed by atoms with Gasteiger partial charge in [0.2, 0.25) is 11.8 Å². The van der Waals surface area contributed by atoms with Crippen molar-refractivity contribution >= 4 is 11.8 Å². The molecular weight excluding hydrogens is 420 g/mol. The molecule has 9 nitrogen and oxygen atoms in total. The predicted octanol–water partition coefficient (Wildman–Crippen LogP) is 2.71. The fourth-order valence-corrected chi connectivity index (χ4v) is 5.39. The van der Waals surface area contributed by atoms with E-state index in [0.29, 0.717) is 42.5 Å². The molecule has 2 N–H and O–H groups in total. The minimum atomic E-state index is -0.442. The van der Waals surface area contributed by atoms with Crippen molar-refractivity contribution in [3.8, 4) is 11.3 Å². The number of carbonyl (C=O) groups is 2. The Bertz CT molecular complexity index is 1170. The molecule has 3 heterocycles. The van der Waals surface area contributed by atoms with Crippen molar-refractivity contribution in [3.05, 3.63) is 53.8 Å². The number of nitrogens with one attached hydrogen (secondary N) is 2. The minimum absolute atomic E-state index is 0.0652. The first-order valence-corrected chi connectivity index (χ1v) is 11.4. The number of aromatic amines is 1. The lowest BCUT2D eigenvalue weighted by Gasteiger charge is -2.26. The third-order valence-electron chi connectivity index (χ3n) is 6.92. The maximum Gasteiger partial charge on any atom is 0.255 e. The van der Waals surface area contributed by atoms with E-state index in [1.165, 1.54) is 0 Å². The Morgan fingerprint density at radius 3 is 2.76 bits per heavy atom. The maximum atomic E-state index is 13.2. The predicted molar refractivity (Wildman–Crippen MR) is 120 cm³/mol. The van der Waals surface area contributed by atoms with Crippen LogP contribution in [0.25, 0.3) is 11.3 Å². The van der Waals surface area contributed by atoms with Crippen molar-refractivity contribution in [2.75, 3.05) is 13.1 Å². The number of nitrogens with zero attached hydrogens (tertiary/aromatic N) is 4. The molecule has 2 fully saturated rings. The molecule has 3 atom stereocenters. The average molecular weight is 449 g/mol. The standard InChI is InChI=1S/C24H28N6O3/c1-14(2)22(32)30-12-17-9-18(10-24(17,13-30)23-26-15(3)29-33-23)27-21(31)19-11-25-28-20(19)16-7-5-4-6-8-16/h4-8,11,14,17-18H,9-10,12-13H2,1-3H3,(H,25,28)(H,27,31)/t17-,18+,24-/m0/s1. The van der Waals surface area contributed by atoms with Gasteiger partial charge < -0.3 is 14.7 Å². The number of aryl methyl sites for hydroxylation is 1. The summed E-state index contributed by atoms with van der Waals surface area (Å²) in [6.45, 7) is 6.79. The second-order valence-electron chi connectivity index (χ2n) is 9.51. The third-order valence-corrected chi connectivity index (χ3v) is 6.92. The number of hydrogen-bond donors (Lipinski definition) is 2. The van der Waals surface area contributed by atoms with Crippen LogP contribution in [0.3, 0.4) is 0 Å². The molecule has 1 aliphatic heterocycles. The zero-order valence-corrected chi connectivity index (χ0v) is 19.0. The highest BCUT2D eigenvalue weighted by Crippen LogP contribution is 2.50. The Morgan fingerprint density at radius 2 is 2.06 bits per heavy atom. The van der Waals surface area contributed by atoms with Crippen molar-refractivity contribution < 1.29 is 14.1 Å². The molecule has 9 heteroatoms. The van der Waals surface area contributed by atoms with Crippen LogP contribution < -0.4 is 5.32 Å². The first-order chi connectivity index (χ1) is 15.9. The van der Waals surface area contributed by atoms with Crippen LogP contribution >= 0.6 is 0 Å². The van der Waals surface area contributed by atoms with Gasteiger partial charge in [-0.15, -0.1) is 0 Å². The third kappa shape index (κ3) is 3.71. The van der Waals surface area contributed by atoms with Gasteiger partial charge in [0.1, 0.15) is 0 Å². The molecule has 0 spiro atoms. The van der Waals surface area contributed by atoms with Crippen LogP contribution in [0.15, 0.2) is 41.1 Å². The molecule has 1 saturated carbocycles. The molecule has 5 rings (SSSR count). The van der Waals surface area contributed by atoms with Crippen molar-refractivity contribution in [2.45, 2.75) is 45.1 Å². The highest BCUT2D eigenvalue weighted by Gasteiger charge is 2.58. The summed E-state index contributed by atoms with van der Waals surface area (Å²) >= 11 is 0. The molecule has 1 aromatic carbocycles. The second-order valence-corrected chi connectivity index (χ2v) is 9.51. The maximum absolute atomic E-state index is 13.2. The number of fused-ring (bicyclic) bond motifs is 1. The SMILES string of the molecule is Cc1noc([C@]23C[C@H](NC(=O)c4cn[nH]c4-c4ccccc4)C[C@H]2CN(C(=O)C(C)C)C3)n1. The molecule has 0 radical (unpaired) electrons. The van der Waals surface area contributed by atoms with Crippen molar-refractivity contribution in [1.82, 2.24) is 30.6 Å². The molecule has 2 aromatic heterocycles. The number of amides is 2. The van der Waals surface area contributed by atoms with Crippen molar-refractivity contribution in [2.24, 2.45) is 11.8 Å². The largest absolute Gasteiger partial charge is 0.349 e. The van der Waals surface area contributed by atoms with Crippen LogP contribution in [-0.2, 0) is 10.2 Å². The summed E-state index contributed by atoms with van der Waals surface area (Å²) in [5.74, 6) is 1.17. The van der Waals surface area contributed by atoms with Gasteiger partial charge in [0.25, 0.3) is 5.91 Å². The van der Waals surface area contributed by atoms with Crippen molar-refractivity contribution in [3.63, 3.8) is 0 Å². The Kier molecular flexibility index (Phi) is 5.26. The number of rotatable bonds is 5. The Labute approximate surface area is 191 Å². The molecule has 2 aliphatic rings. The Morgan fingerprint density at radius 1 is 1.27 bits per heavy atom. The normalized spacial score (nSPS) is 24.3. The van der Waals surface area contributed by atoms with Crippen LogP contribution in [0.4, 0.5) is 0 Å². The molecule has 33 heavy (non-hydrogen) atoms. The fraction of sp³-hybridized carbons (Fsp3) is 0.458. The van der Waals surface area contributed by atoms with E-state index >= 15 is 0 Å². The summed E-state index contributed by atoms with van der Waals surface area (Å²) in [5.41, 5.74) is 1.67. The van der Waals surface area contributed by atoms with E-state index in [1.54, 1.807) is 13.1 Å². The zero-order chi connectivity index (χ0) is 23.2. The molecule has 1 saturated heterocycles. The van der Waals surface area contributed by atoms with E-state index in [0.717, 1.165) is 12.0 Å². The molecular formula is C24H28N6O3. The molecule has 172 valence electrons. The zero-order valence-electron chi connectivity index (χ0n) is 19.0. The van der Waals surface area contributed by atoms with Crippen molar-refractivity contribution in [1.29, 1.82) is 0 Å². The Hall–Kier alpha value is -3.49. The monoisotopic (exact) mass is 448 g/mol. The number of likely N-dealkylation sites (tertiary alicyclic amines) is 1. The van der Waals surface area contributed by atoms with E-state index in [9.17, 15) is 9.59 Å². The van der Waals surface area contributed by atoms with Gasteiger partial charge in [-0.3, -0.25) is 14.7 Å². The first-order valence-electron chi connectivity index (χ1n) is 11.4. The van der Waals surface area contributed by atoms with Gasteiger partial charge in [-0.2, -0.15) is 10.1 Å². The highest BCUT2D eigenvalue weighted by atomic mass is 16.5. The van der Waals surface area contributed by atoms with E-state index in [-0.39, 0.29) is 29.7 Å². The van der Waals surface area contributed by atoms with Gasteiger partial charge >= 0.3 is 0 Å². The molecule has 0 unspecified atom stereocenters. The quantitative estimate of drug-likeness (QED) is 0.620. The summed E-state index contributed by atoms with van der Waals surface area (Å²) in [4.78, 5) is 32.4. The number of H-pyrrole nitrogens is 1. The van der Waals surface area contributed by atoms with E-state index in [4.69, 9.17) is 4.52 Å². The summed E-state index contributed by atoms with van der Waals surface area (Å²) in [7, 11) is 0. The number of hydrogen-bond acceptors (Lipinski definition) is 6. The van der Waals surface area contributed by atoms with Gasteiger partial charge in [0.15, 0.2) is 5.82 Å². The van der Waals surface area contributed by atoms with Gasteiger partial charge in [0.05, 0.1) is 22.9 Å². The van der Waals surface area contributed by atoms with Gasteiger partial charge in [-0.25, -0.2) is 0 Å². The Balaban J connectivity index is 1.37. The highest BCUT2D eigenvalue weighted by molar-refractivity contribution is 5.99. The van der Waals surface area contributed by atoms with Crippen LogP contribution in [0.1, 0.15) is 48.8 Å². The summed E-state index contributed by atoms with van der Waals surface area (Å²) < 4.78 is 5.62. The van der Waals surface area contributed by atoms with Crippen LogP contribution in [0, 0.1) is 18.8 Å². The first kappa shape index (κ1) is 21.4. The molecule has 1 aliphatic carbocycles. The molecule has 2 amide bonds. The molecule has 3 aromatic rings. The van der Waals surface area contributed by atoms with Gasteiger partial charge in [-0.1, -0.05) is 49.3 Å². The average Bonchev–Trinajstić information content (AvgIpc) is 3.56. The lowest BCUT2D eigenvalue weighted by atomic mass is 9.80. The number of aromatic nitrogens is 4. The smallest absolute Gasteiger partial charge is 0.255 e. The van der Waals surface area contributed by atoms with Crippen LogP contribution in [0.2, 0.25) is 0 Å². The van der Waals surface area contributed by atoms with Crippen LogP contribution in [-0.4, -0.2) is 56.2 Å². The van der Waals surface area contributed by atoms with Gasteiger partial charge in [0, 0.05) is 30.6 Å². The van der Waals surface area contributed by atoms with E-state index in [1.807, 2.05) is 49.1 Å². The number of carbonyl (C=O) groups excluding carboxylic acids is 2. The summed E-state index contributed by atoms with van der Waals surface area (Å²) in [6.07, 6.45) is 2.95. The second kappa shape index (κ2) is 8.13. The molecule has 0 bridgehead atoms. The van der Waals surface area contributed by atoms with Gasteiger partial charge in [-0.05, 0) is 25.7 Å². The fourth-order valence-electron chi connectivity index (χ4n) is 5.39. The lowest BCUT2D eigenvalue weighted by molar-refractivity contribution is -0.133. The topological polar surface area (TPSA) is 117 Å². The summed E-state index contributed by atoms with van der Waals surface area (Å²) in [5, 5.41) is 14.2. The summed E-state index contributed by atoms with van der Waals surface area (Å²) in [6, 6.07) is 9.61. The number of benzene rings is 1. The van der Waals surface area contributed by atoms with Crippen LogP contribution in [0.5, 0.6) is 0 Å². The van der Waals surface area contributed by atoms with E-state index < -0.39 is 5.41 Å². The lowest BCUT2D eigenvalue weighted by Crippen LogP contribution is -2.40. The van der Waals surface area contributed by atoms with E-state index in [2.05, 4.69) is 25.7 Å².